The topological polar surface area (TPSA) is 137 Å². The average molecular weight is 402 g/mol. The van der Waals surface area contributed by atoms with Crippen LogP contribution in [-0.4, -0.2) is 52.6 Å². The molecule has 10 heteroatoms. The first-order valence-electron chi connectivity index (χ1n) is 8.93. The lowest BCUT2D eigenvalue weighted by Gasteiger charge is -2.12. The van der Waals surface area contributed by atoms with Gasteiger partial charge in [-0.15, -0.1) is 0 Å². The first-order chi connectivity index (χ1) is 13.9. The molecular weight excluding hydrogens is 380 g/mol. The zero-order chi connectivity index (χ0) is 21.2. The van der Waals surface area contributed by atoms with Crippen LogP contribution in [-0.2, 0) is 19.2 Å². The monoisotopic (exact) mass is 402 g/mol. The molecular formula is C19H22N4O6. The number of imide groups is 1. The summed E-state index contributed by atoms with van der Waals surface area (Å²) in [5.41, 5.74) is 5.29. The minimum Gasteiger partial charge on any atom is -0.494 e. The van der Waals surface area contributed by atoms with Crippen molar-refractivity contribution in [3.05, 3.63) is 42.0 Å². The Balaban J connectivity index is 1.75. The van der Waals surface area contributed by atoms with Crippen molar-refractivity contribution in [3.8, 4) is 5.75 Å². The highest BCUT2D eigenvalue weighted by Crippen LogP contribution is 2.13. The Kier molecular flexibility index (Phi) is 8.04. The van der Waals surface area contributed by atoms with Crippen LogP contribution in [0.2, 0.25) is 0 Å². The van der Waals surface area contributed by atoms with E-state index in [0.29, 0.717) is 24.5 Å². The van der Waals surface area contributed by atoms with E-state index in [2.05, 4.69) is 10.5 Å². The largest absolute Gasteiger partial charge is 0.494 e. The van der Waals surface area contributed by atoms with Crippen LogP contribution in [0, 0.1) is 0 Å². The number of carbonyl (C=O) groups excluding carboxylic acids is 4. The summed E-state index contributed by atoms with van der Waals surface area (Å²) >= 11 is 0. The van der Waals surface area contributed by atoms with E-state index in [1.807, 2.05) is 0 Å². The van der Waals surface area contributed by atoms with Gasteiger partial charge in [0.15, 0.2) is 0 Å². The highest BCUT2D eigenvalue weighted by Gasteiger charge is 2.23. The predicted molar refractivity (Wildman–Crippen MR) is 102 cm³/mol. The van der Waals surface area contributed by atoms with Crippen molar-refractivity contribution in [1.82, 2.24) is 15.8 Å². The minimum absolute atomic E-state index is 0.00291. The molecule has 0 saturated heterocycles. The van der Waals surface area contributed by atoms with Gasteiger partial charge in [0.2, 0.25) is 11.8 Å². The van der Waals surface area contributed by atoms with Gasteiger partial charge in [-0.3, -0.25) is 29.3 Å². The number of ether oxygens (including phenoxy) is 1. The van der Waals surface area contributed by atoms with Crippen molar-refractivity contribution in [2.24, 2.45) is 5.10 Å². The molecule has 0 saturated carbocycles. The summed E-state index contributed by atoms with van der Waals surface area (Å²) in [6.07, 6.45) is 2.92. The zero-order valence-corrected chi connectivity index (χ0v) is 15.9. The van der Waals surface area contributed by atoms with E-state index in [1.54, 1.807) is 36.7 Å². The molecule has 1 aliphatic rings. The average Bonchev–Trinajstić information content (AvgIpc) is 3.05. The van der Waals surface area contributed by atoms with Gasteiger partial charge in [-0.2, -0.15) is 5.10 Å². The van der Waals surface area contributed by atoms with Gasteiger partial charge in [-0.1, -0.05) is 0 Å². The number of carbonyl (C=O) groups is 4. The van der Waals surface area contributed by atoms with E-state index >= 15 is 0 Å². The molecule has 154 valence electrons. The number of benzene rings is 1. The summed E-state index contributed by atoms with van der Waals surface area (Å²) in [6, 6.07) is 7.02. The Morgan fingerprint density at radius 2 is 1.72 bits per heavy atom. The Morgan fingerprint density at radius 1 is 1.07 bits per heavy atom. The molecule has 1 aromatic rings. The Hall–Kier alpha value is -3.53. The van der Waals surface area contributed by atoms with E-state index in [1.165, 1.54) is 12.2 Å². The summed E-state index contributed by atoms with van der Waals surface area (Å²) in [5.74, 6) is -1.12. The Bertz CT molecular complexity index is 814. The van der Waals surface area contributed by atoms with E-state index in [0.717, 1.165) is 10.5 Å². The van der Waals surface area contributed by atoms with E-state index in [4.69, 9.17) is 9.94 Å². The maximum atomic E-state index is 11.9. The molecule has 1 aromatic carbocycles. The molecule has 1 heterocycles. The summed E-state index contributed by atoms with van der Waals surface area (Å²) < 4.78 is 5.50. The highest BCUT2D eigenvalue weighted by molar-refractivity contribution is 6.13. The third-order valence-electron chi connectivity index (χ3n) is 4.03. The van der Waals surface area contributed by atoms with Crippen molar-refractivity contribution in [2.75, 3.05) is 13.2 Å². The van der Waals surface area contributed by atoms with Gasteiger partial charge in [0, 0.05) is 31.5 Å². The van der Waals surface area contributed by atoms with Crippen LogP contribution in [0.5, 0.6) is 5.75 Å². The number of hydrazone groups is 1. The molecule has 3 N–H and O–H groups in total. The third kappa shape index (κ3) is 6.85. The van der Waals surface area contributed by atoms with Crippen LogP contribution in [0.15, 0.2) is 41.5 Å². The molecule has 29 heavy (non-hydrogen) atoms. The molecule has 0 aliphatic carbocycles. The molecule has 0 spiro atoms. The van der Waals surface area contributed by atoms with E-state index in [-0.39, 0.29) is 19.4 Å². The van der Waals surface area contributed by atoms with Gasteiger partial charge < -0.3 is 4.74 Å². The smallest absolute Gasteiger partial charge is 0.253 e. The van der Waals surface area contributed by atoms with Crippen LogP contribution >= 0.6 is 0 Å². The number of hydrogen-bond acceptors (Lipinski definition) is 7. The predicted octanol–water partition coefficient (Wildman–Crippen LogP) is 0.506. The second-order valence-electron chi connectivity index (χ2n) is 6.16. The van der Waals surface area contributed by atoms with Crippen molar-refractivity contribution in [1.29, 1.82) is 0 Å². The van der Waals surface area contributed by atoms with E-state index in [9.17, 15) is 19.2 Å². The fourth-order valence-corrected chi connectivity index (χ4v) is 2.40. The van der Waals surface area contributed by atoms with Gasteiger partial charge in [0.05, 0.1) is 12.3 Å². The lowest BCUT2D eigenvalue weighted by atomic mass is 10.1. The molecule has 0 radical (unpaired) electrons. The summed E-state index contributed by atoms with van der Waals surface area (Å²) in [6.45, 7) is 2.05. The van der Waals surface area contributed by atoms with E-state index < -0.39 is 23.6 Å². The van der Waals surface area contributed by atoms with Gasteiger partial charge >= 0.3 is 0 Å². The maximum absolute atomic E-state index is 11.9. The van der Waals surface area contributed by atoms with Crippen molar-refractivity contribution < 1.29 is 29.1 Å². The van der Waals surface area contributed by atoms with Gasteiger partial charge in [0.25, 0.3) is 11.8 Å². The first kappa shape index (κ1) is 21.8. The minimum atomic E-state index is -0.465. The molecule has 0 bridgehead atoms. The zero-order valence-electron chi connectivity index (χ0n) is 15.9. The van der Waals surface area contributed by atoms with Crippen LogP contribution in [0.4, 0.5) is 0 Å². The fraction of sp³-hybridized carbons (Fsp3) is 0.316. The molecule has 4 amide bonds. The molecule has 0 fully saturated rings. The number of nitrogens with one attached hydrogen (secondary N) is 2. The standard InChI is InChI=1S/C19H22N4O6/c1-13(20-21-16(24)10-11-23-18(26)8-9-19(23)27)14-4-6-15(7-5-14)29-12-2-3-17(25)22-28/h4-9,28H,2-3,10-12H2,1H3,(H,21,24)(H,22,25)/b20-13+. The SMILES string of the molecule is C/C(=N\NC(=O)CCN1C(=O)C=CC1=O)c1ccc(OCCCC(=O)NO)cc1. The van der Waals surface area contributed by atoms with Crippen LogP contribution in [0.25, 0.3) is 0 Å². The summed E-state index contributed by atoms with van der Waals surface area (Å²) in [5, 5.41) is 12.4. The maximum Gasteiger partial charge on any atom is 0.253 e. The van der Waals surface area contributed by atoms with Crippen molar-refractivity contribution in [2.45, 2.75) is 26.2 Å². The molecule has 0 unspecified atom stereocenters. The lowest BCUT2D eigenvalue weighted by Crippen LogP contribution is -2.33. The lowest BCUT2D eigenvalue weighted by molar-refractivity contribution is -0.137. The van der Waals surface area contributed by atoms with Gasteiger partial charge in [-0.25, -0.2) is 10.9 Å². The van der Waals surface area contributed by atoms with Crippen LogP contribution in [0.3, 0.4) is 0 Å². The quantitative estimate of drug-likeness (QED) is 0.171. The highest BCUT2D eigenvalue weighted by atomic mass is 16.5. The number of hydroxylamine groups is 1. The van der Waals surface area contributed by atoms with Crippen LogP contribution < -0.4 is 15.6 Å². The van der Waals surface area contributed by atoms with Gasteiger partial charge in [0.1, 0.15) is 5.75 Å². The fourth-order valence-electron chi connectivity index (χ4n) is 2.40. The van der Waals surface area contributed by atoms with Crippen molar-refractivity contribution >= 4 is 29.3 Å². The Morgan fingerprint density at radius 3 is 2.34 bits per heavy atom. The molecule has 2 rings (SSSR count). The molecule has 0 atom stereocenters. The summed E-state index contributed by atoms with van der Waals surface area (Å²) in [4.78, 5) is 46.6. The number of rotatable bonds is 10. The van der Waals surface area contributed by atoms with Crippen molar-refractivity contribution in [3.63, 3.8) is 0 Å². The number of amides is 4. The first-order valence-corrected chi connectivity index (χ1v) is 8.93. The number of hydrogen-bond donors (Lipinski definition) is 3. The molecule has 0 aromatic heterocycles. The third-order valence-corrected chi connectivity index (χ3v) is 4.03. The normalized spacial score (nSPS) is 13.6. The summed E-state index contributed by atoms with van der Waals surface area (Å²) in [7, 11) is 0. The van der Waals surface area contributed by atoms with Gasteiger partial charge in [-0.05, 0) is 43.2 Å². The second kappa shape index (κ2) is 10.7. The molecule has 1 aliphatic heterocycles. The number of nitrogens with zero attached hydrogens (tertiary/aromatic N) is 2. The molecule has 10 nitrogen and oxygen atoms in total. The van der Waals surface area contributed by atoms with Crippen LogP contribution in [0.1, 0.15) is 31.7 Å². The Labute approximate surface area is 167 Å². The second-order valence-corrected chi connectivity index (χ2v) is 6.16.